The molecule has 2 heterocycles. The van der Waals surface area contributed by atoms with Gasteiger partial charge in [-0.25, -0.2) is 0 Å². The van der Waals surface area contributed by atoms with E-state index >= 15 is 0 Å². The second-order valence-electron chi connectivity index (χ2n) is 6.14. The highest BCUT2D eigenvalue weighted by molar-refractivity contribution is 5.14. The zero-order valence-corrected chi connectivity index (χ0v) is 12.3. The minimum absolute atomic E-state index is 0.419. The molecular formula is C16H25N3O. The normalized spacial score (nSPS) is 22.6. The Kier molecular flexibility index (Phi) is 4.65. The lowest BCUT2D eigenvalue weighted by molar-refractivity contribution is 0.0790. The Bertz CT molecular complexity index is 410. The predicted molar refractivity (Wildman–Crippen MR) is 79.4 cm³/mol. The van der Waals surface area contributed by atoms with Crippen LogP contribution in [0.4, 0.5) is 0 Å². The van der Waals surface area contributed by atoms with Crippen LogP contribution < -0.4 is 5.32 Å². The fourth-order valence-corrected chi connectivity index (χ4v) is 2.68. The largest absolute Gasteiger partial charge is 0.377 e. The Morgan fingerprint density at radius 3 is 2.90 bits per heavy atom. The zero-order chi connectivity index (χ0) is 13.8. The molecule has 4 nitrogen and oxygen atoms in total. The van der Waals surface area contributed by atoms with Crippen molar-refractivity contribution < 1.29 is 4.74 Å². The molecule has 1 aliphatic heterocycles. The Morgan fingerprint density at radius 2 is 2.25 bits per heavy atom. The summed E-state index contributed by atoms with van der Waals surface area (Å²) >= 11 is 0. The molecule has 4 heteroatoms. The smallest absolute Gasteiger partial charge is 0.0702 e. The second-order valence-corrected chi connectivity index (χ2v) is 6.14. The first kappa shape index (κ1) is 14.0. The first-order valence-corrected chi connectivity index (χ1v) is 7.77. The van der Waals surface area contributed by atoms with Crippen molar-refractivity contribution in [3.63, 3.8) is 0 Å². The number of rotatable bonds is 7. The van der Waals surface area contributed by atoms with Crippen molar-refractivity contribution >= 4 is 0 Å². The van der Waals surface area contributed by atoms with E-state index in [-0.39, 0.29) is 0 Å². The molecule has 1 unspecified atom stereocenters. The third-order valence-corrected chi connectivity index (χ3v) is 4.03. The van der Waals surface area contributed by atoms with Crippen LogP contribution in [0.5, 0.6) is 0 Å². The predicted octanol–water partition coefficient (Wildman–Crippen LogP) is 1.94. The van der Waals surface area contributed by atoms with E-state index in [1.54, 1.807) is 0 Å². The van der Waals surface area contributed by atoms with E-state index in [1.165, 1.54) is 31.2 Å². The van der Waals surface area contributed by atoms with E-state index < -0.39 is 0 Å². The second kappa shape index (κ2) is 6.66. The number of ether oxygens (including phenoxy) is 1. The van der Waals surface area contributed by atoms with Gasteiger partial charge in [-0.15, -0.1) is 0 Å². The van der Waals surface area contributed by atoms with E-state index in [4.69, 9.17) is 4.74 Å². The SMILES string of the molecule is CN(Cc1ccc(CNC2CC2)cn1)CC1CCCO1. The minimum Gasteiger partial charge on any atom is -0.377 e. The Labute approximate surface area is 121 Å². The summed E-state index contributed by atoms with van der Waals surface area (Å²) < 4.78 is 5.67. The van der Waals surface area contributed by atoms with Crippen LogP contribution in [0.2, 0.25) is 0 Å². The Balaban J connectivity index is 1.43. The number of nitrogens with one attached hydrogen (secondary N) is 1. The number of pyridine rings is 1. The standard InChI is InChI=1S/C16H25N3O/c1-19(12-16-3-2-8-20-16)11-15-5-4-13(10-18-15)9-17-14-6-7-14/h4-5,10,14,16-17H,2-3,6-9,11-12H2,1H3. The van der Waals surface area contributed by atoms with Gasteiger partial charge in [-0.1, -0.05) is 6.07 Å². The van der Waals surface area contributed by atoms with E-state index in [9.17, 15) is 0 Å². The van der Waals surface area contributed by atoms with E-state index in [0.29, 0.717) is 6.10 Å². The number of nitrogens with zero attached hydrogens (tertiary/aromatic N) is 2. The summed E-state index contributed by atoms with van der Waals surface area (Å²) in [5.41, 5.74) is 2.42. The third-order valence-electron chi connectivity index (χ3n) is 4.03. The maximum atomic E-state index is 5.67. The van der Waals surface area contributed by atoms with Crippen LogP contribution in [-0.4, -0.2) is 42.2 Å². The van der Waals surface area contributed by atoms with E-state index in [0.717, 1.165) is 38.0 Å². The molecule has 0 bridgehead atoms. The highest BCUT2D eigenvalue weighted by Gasteiger charge is 2.20. The number of likely N-dealkylation sites (N-methyl/N-ethyl adjacent to an activating group) is 1. The maximum Gasteiger partial charge on any atom is 0.0702 e. The number of aromatic nitrogens is 1. The highest BCUT2D eigenvalue weighted by atomic mass is 16.5. The Morgan fingerprint density at radius 1 is 1.35 bits per heavy atom. The lowest BCUT2D eigenvalue weighted by Crippen LogP contribution is -2.28. The summed E-state index contributed by atoms with van der Waals surface area (Å²) in [5.74, 6) is 0. The molecule has 0 radical (unpaired) electrons. The van der Waals surface area contributed by atoms with Gasteiger partial charge in [0.15, 0.2) is 0 Å². The number of hydrogen-bond acceptors (Lipinski definition) is 4. The fourth-order valence-electron chi connectivity index (χ4n) is 2.68. The van der Waals surface area contributed by atoms with Gasteiger partial charge < -0.3 is 10.1 Å². The van der Waals surface area contributed by atoms with Gasteiger partial charge >= 0.3 is 0 Å². The van der Waals surface area contributed by atoms with Crippen LogP contribution in [0.15, 0.2) is 18.3 Å². The topological polar surface area (TPSA) is 37.4 Å². The van der Waals surface area contributed by atoms with Crippen molar-refractivity contribution in [2.75, 3.05) is 20.2 Å². The molecular weight excluding hydrogens is 250 g/mol. The fraction of sp³-hybridized carbons (Fsp3) is 0.688. The molecule has 1 aromatic heterocycles. The summed E-state index contributed by atoms with van der Waals surface area (Å²) in [5, 5.41) is 3.51. The summed E-state index contributed by atoms with van der Waals surface area (Å²) in [4.78, 5) is 6.88. The molecule has 0 spiro atoms. The van der Waals surface area contributed by atoms with Crippen LogP contribution in [-0.2, 0) is 17.8 Å². The van der Waals surface area contributed by atoms with Gasteiger partial charge in [0, 0.05) is 38.5 Å². The molecule has 3 rings (SSSR count). The number of hydrogen-bond donors (Lipinski definition) is 1. The van der Waals surface area contributed by atoms with Gasteiger partial charge in [0.1, 0.15) is 0 Å². The quantitative estimate of drug-likeness (QED) is 0.825. The van der Waals surface area contributed by atoms with Crippen LogP contribution in [0.3, 0.4) is 0 Å². The molecule has 1 saturated carbocycles. The summed E-state index contributed by atoms with van der Waals surface area (Å²) in [6.45, 7) is 3.78. The average molecular weight is 275 g/mol. The van der Waals surface area contributed by atoms with E-state index in [1.807, 2.05) is 6.20 Å². The van der Waals surface area contributed by atoms with Crippen LogP contribution in [0, 0.1) is 0 Å². The molecule has 1 N–H and O–H groups in total. The molecule has 1 aromatic rings. The van der Waals surface area contributed by atoms with Crippen LogP contribution in [0.1, 0.15) is 36.9 Å². The zero-order valence-electron chi connectivity index (χ0n) is 12.3. The van der Waals surface area contributed by atoms with Crippen LogP contribution >= 0.6 is 0 Å². The van der Waals surface area contributed by atoms with Crippen molar-refractivity contribution in [1.29, 1.82) is 0 Å². The summed E-state index contributed by atoms with van der Waals surface area (Å²) in [6, 6.07) is 5.10. The monoisotopic (exact) mass is 275 g/mol. The Hall–Kier alpha value is -0.970. The first-order valence-electron chi connectivity index (χ1n) is 7.77. The summed E-state index contributed by atoms with van der Waals surface area (Å²) in [7, 11) is 2.14. The molecule has 0 aromatic carbocycles. The van der Waals surface area contributed by atoms with Gasteiger partial charge in [-0.3, -0.25) is 9.88 Å². The lowest BCUT2D eigenvalue weighted by atomic mass is 10.2. The summed E-state index contributed by atoms with van der Waals surface area (Å²) in [6.07, 6.45) is 7.49. The van der Waals surface area contributed by atoms with Crippen molar-refractivity contribution in [3.05, 3.63) is 29.6 Å². The molecule has 2 fully saturated rings. The van der Waals surface area contributed by atoms with E-state index in [2.05, 4.69) is 34.4 Å². The van der Waals surface area contributed by atoms with Gasteiger partial charge in [-0.05, 0) is 44.4 Å². The molecule has 1 aliphatic carbocycles. The van der Waals surface area contributed by atoms with Crippen LogP contribution in [0.25, 0.3) is 0 Å². The third kappa shape index (κ3) is 4.27. The maximum absolute atomic E-state index is 5.67. The molecule has 2 aliphatic rings. The first-order chi connectivity index (χ1) is 9.79. The molecule has 1 saturated heterocycles. The van der Waals surface area contributed by atoms with Crippen molar-refractivity contribution in [1.82, 2.24) is 15.2 Å². The molecule has 20 heavy (non-hydrogen) atoms. The van der Waals surface area contributed by atoms with Gasteiger partial charge in [0.2, 0.25) is 0 Å². The minimum atomic E-state index is 0.419. The van der Waals surface area contributed by atoms with Gasteiger partial charge in [-0.2, -0.15) is 0 Å². The average Bonchev–Trinajstić information content (AvgIpc) is 3.14. The van der Waals surface area contributed by atoms with Crippen molar-refractivity contribution in [3.8, 4) is 0 Å². The van der Waals surface area contributed by atoms with Crippen molar-refractivity contribution in [2.24, 2.45) is 0 Å². The van der Waals surface area contributed by atoms with Gasteiger partial charge in [0.05, 0.1) is 11.8 Å². The lowest BCUT2D eigenvalue weighted by Gasteiger charge is -2.20. The van der Waals surface area contributed by atoms with Gasteiger partial charge in [0.25, 0.3) is 0 Å². The molecule has 110 valence electrons. The molecule has 1 atom stereocenters. The highest BCUT2D eigenvalue weighted by Crippen LogP contribution is 2.19. The molecule has 0 amide bonds. The van der Waals surface area contributed by atoms with Crippen molar-refractivity contribution in [2.45, 2.75) is 50.9 Å².